The van der Waals surface area contributed by atoms with Gasteiger partial charge in [-0.1, -0.05) is 0 Å². The van der Waals surface area contributed by atoms with E-state index in [1.54, 1.807) is 11.8 Å². The van der Waals surface area contributed by atoms with Crippen LogP contribution in [0, 0.1) is 11.6 Å². The summed E-state index contributed by atoms with van der Waals surface area (Å²) in [6.07, 6.45) is -0.402. The normalized spacial score (nSPS) is 15.3. The molecule has 0 spiro atoms. The summed E-state index contributed by atoms with van der Waals surface area (Å²) in [7, 11) is 0. The van der Waals surface area contributed by atoms with Crippen LogP contribution in [0.2, 0.25) is 0 Å². The third kappa shape index (κ3) is 2.76. The van der Waals surface area contributed by atoms with Crippen LogP contribution >= 0.6 is 0 Å². The molecular weight excluding hydrogens is 268 g/mol. The number of amides is 1. The Hall–Kier alpha value is -2.05. The number of nitrogen functional groups attached to an aromatic ring is 1. The van der Waals surface area contributed by atoms with Crippen molar-refractivity contribution in [1.29, 1.82) is 0 Å². The van der Waals surface area contributed by atoms with Gasteiger partial charge >= 0.3 is 6.09 Å². The molecule has 0 aliphatic carbocycles. The van der Waals surface area contributed by atoms with Gasteiger partial charge in [0.15, 0.2) is 5.82 Å². The number of anilines is 2. The lowest BCUT2D eigenvalue weighted by Crippen LogP contribution is -2.49. The second kappa shape index (κ2) is 5.94. The molecule has 5 nitrogen and oxygen atoms in total. The van der Waals surface area contributed by atoms with Crippen molar-refractivity contribution in [2.24, 2.45) is 0 Å². The predicted octanol–water partition coefficient (Wildman–Crippen LogP) is 1.83. The van der Waals surface area contributed by atoms with E-state index in [0.717, 1.165) is 6.07 Å². The van der Waals surface area contributed by atoms with E-state index >= 15 is 0 Å². The number of nitrogens with two attached hydrogens (primary N) is 1. The fraction of sp³-hybridized carbons (Fsp3) is 0.462. The van der Waals surface area contributed by atoms with Crippen molar-refractivity contribution in [2.75, 3.05) is 43.4 Å². The standard InChI is InChI=1S/C13H17F2N3O2/c1-2-20-13(19)18-7-5-17(6-8-18)12-9(14)3-4-10(16)11(12)15/h3-4H,2,5-8,16H2,1H3. The molecule has 1 amide bonds. The van der Waals surface area contributed by atoms with Crippen LogP contribution in [-0.2, 0) is 4.74 Å². The highest BCUT2D eigenvalue weighted by atomic mass is 19.1. The van der Waals surface area contributed by atoms with Crippen molar-refractivity contribution in [2.45, 2.75) is 6.92 Å². The third-order valence-corrected chi connectivity index (χ3v) is 3.22. The van der Waals surface area contributed by atoms with E-state index in [0.29, 0.717) is 32.8 Å². The van der Waals surface area contributed by atoms with Gasteiger partial charge in [-0.15, -0.1) is 0 Å². The quantitative estimate of drug-likeness (QED) is 0.842. The van der Waals surface area contributed by atoms with Crippen molar-refractivity contribution < 1.29 is 18.3 Å². The van der Waals surface area contributed by atoms with Crippen LogP contribution in [0.4, 0.5) is 25.0 Å². The van der Waals surface area contributed by atoms with E-state index in [2.05, 4.69) is 0 Å². The van der Waals surface area contributed by atoms with Crippen molar-refractivity contribution >= 4 is 17.5 Å². The fourth-order valence-corrected chi connectivity index (χ4v) is 2.17. The zero-order valence-corrected chi connectivity index (χ0v) is 11.2. The van der Waals surface area contributed by atoms with E-state index in [1.807, 2.05) is 0 Å². The minimum absolute atomic E-state index is 0.0887. The summed E-state index contributed by atoms with van der Waals surface area (Å²) in [5.41, 5.74) is 5.24. The molecule has 1 aromatic rings. The molecule has 1 fully saturated rings. The number of piperazine rings is 1. The summed E-state index contributed by atoms with van der Waals surface area (Å²) in [6.45, 7) is 3.40. The average molecular weight is 285 g/mol. The summed E-state index contributed by atoms with van der Waals surface area (Å²) in [6, 6.07) is 2.34. The van der Waals surface area contributed by atoms with Crippen LogP contribution in [-0.4, -0.2) is 43.8 Å². The first-order chi connectivity index (χ1) is 9.54. The van der Waals surface area contributed by atoms with Gasteiger partial charge in [0.2, 0.25) is 0 Å². The predicted molar refractivity (Wildman–Crippen MR) is 71.6 cm³/mol. The van der Waals surface area contributed by atoms with E-state index in [1.165, 1.54) is 11.0 Å². The molecular formula is C13H17F2N3O2. The summed E-state index contributed by atoms with van der Waals surface area (Å²) >= 11 is 0. The summed E-state index contributed by atoms with van der Waals surface area (Å²) in [5, 5.41) is 0. The highest BCUT2D eigenvalue weighted by Crippen LogP contribution is 2.28. The van der Waals surface area contributed by atoms with Gasteiger partial charge in [0.05, 0.1) is 12.3 Å². The minimum atomic E-state index is -0.755. The van der Waals surface area contributed by atoms with Gasteiger partial charge in [0.1, 0.15) is 11.5 Å². The number of nitrogens with zero attached hydrogens (tertiary/aromatic N) is 2. The molecule has 1 saturated heterocycles. The van der Waals surface area contributed by atoms with Gasteiger partial charge in [-0.25, -0.2) is 13.6 Å². The highest BCUT2D eigenvalue weighted by molar-refractivity contribution is 5.68. The Morgan fingerprint density at radius 2 is 1.95 bits per heavy atom. The molecule has 0 atom stereocenters. The molecule has 1 aliphatic rings. The molecule has 0 radical (unpaired) electrons. The lowest BCUT2D eigenvalue weighted by Gasteiger charge is -2.35. The minimum Gasteiger partial charge on any atom is -0.450 e. The number of rotatable bonds is 2. The number of benzene rings is 1. The number of hydrogen-bond acceptors (Lipinski definition) is 4. The SMILES string of the molecule is CCOC(=O)N1CCN(c2c(F)ccc(N)c2F)CC1. The van der Waals surface area contributed by atoms with Crippen LogP contribution in [0.5, 0.6) is 0 Å². The Labute approximate surface area is 115 Å². The smallest absolute Gasteiger partial charge is 0.409 e. The topological polar surface area (TPSA) is 58.8 Å². The summed E-state index contributed by atoms with van der Waals surface area (Å²) in [5.74, 6) is -1.41. The Balaban J connectivity index is 2.08. The Bertz CT molecular complexity index is 503. The summed E-state index contributed by atoms with van der Waals surface area (Å²) in [4.78, 5) is 14.6. The molecule has 1 aromatic carbocycles. The first kappa shape index (κ1) is 14.4. The van der Waals surface area contributed by atoms with Crippen molar-refractivity contribution in [3.63, 3.8) is 0 Å². The number of carbonyl (C=O) groups excluding carboxylic acids is 1. The molecule has 0 saturated carbocycles. The van der Waals surface area contributed by atoms with Crippen LogP contribution in [0.15, 0.2) is 12.1 Å². The van der Waals surface area contributed by atoms with Crippen LogP contribution in [0.25, 0.3) is 0 Å². The molecule has 7 heteroatoms. The Morgan fingerprint density at radius 3 is 2.55 bits per heavy atom. The van der Waals surface area contributed by atoms with E-state index in [4.69, 9.17) is 10.5 Å². The fourth-order valence-electron chi connectivity index (χ4n) is 2.17. The van der Waals surface area contributed by atoms with Gasteiger partial charge in [-0.2, -0.15) is 0 Å². The van der Waals surface area contributed by atoms with Crippen molar-refractivity contribution in [3.05, 3.63) is 23.8 Å². The van der Waals surface area contributed by atoms with E-state index in [-0.39, 0.29) is 11.4 Å². The number of halogens is 2. The van der Waals surface area contributed by atoms with Gasteiger partial charge in [-0.05, 0) is 19.1 Å². The molecule has 1 aliphatic heterocycles. The van der Waals surface area contributed by atoms with Gasteiger partial charge in [0.25, 0.3) is 0 Å². The maximum absolute atomic E-state index is 13.9. The lowest BCUT2D eigenvalue weighted by atomic mass is 10.2. The maximum atomic E-state index is 13.9. The molecule has 0 bridgehead atoms. The summed E-state index contributed by atoms with van der Waals surface area (Å²) < 4.78 is 32.5. The first-order valence-corrected chi connectivity index (χ1v) is 6.44. The molecule has 110 valence electrons. The van der Waals surface area contributed by atoms with Gasteiger partial charge in [-0.3, -0.25) is 0 Å². The number of ether oxygens (including phenoxy) is 1. The highest BCUT2D eigenvalue weighted by Gasteiger charge is 2.26. The monoisotopic (exact) mass is 285 g/mol. The second-order valence-corrected chi connectivity index (χ2v) is 4.47. The second-order valence-electron chi connectivity index (χ2n) is 4.47. The molecule has 0 unspecified atom stereocenters. The zero-order chi connectivity index (χ0) is 14.7. The Morgan fingerprint density at radius 1 is 1.30 bits per heavy atom. The average Bonchev–Trinajstić information content (AvgIpc) is 2.44. The number of carbonyl (C=O) groups is 1. The van der Waals surface area contributed by atoms with E-state index in [9.17, 15) is 13.6 Å². The van der Waals surface area contributed by atoms with E-state index < -0.39 is 17.7 Å². The molecule has 20 heavy (non-hydrogen) atoms. The zero-order valence-electron chi connectivity index (χ0n) is 11.2. The van der Waals surface area contributed by atoms with Crippen LogP contribution < -0.4 is 10.6 Å². The first-order valence-electron chi connectivity index (χ1n) is 6.44. The number of hydrogen-bond donors (Lipinski definition) is 1. The van der Waals surface area contributed by atoms with Crippen molar-refractivity contribution in [3.8, 4) is 0 Å². The van der Waals surface area contributed by atoms with Gasteiger partial charge < -0.3 is 20.3 Å². The third-order valence-electron chi connectivity index (χ3n) is 3.22. The van der Waals surface area contributed by atoms with Crippen LogP contribution in [0.1, 0.15) is 6.92 Å². The van der Waals surface area contributed by atoms with Crippen molar-refractivity contribution in [1.82, 2.24) is 4.90 Å². The Kier molecular flexibility index (Phi) is 4.26. The lowest BCUT2D eigenvalue weighted by molar-refractivity contribution is 0.105. The van der Waals surface area contributed by atoms with Crippen LogP contribution in [0.3, 0.4) is 0 Å². The molecule has 2 N–H and O–H groups in total. The maximum Gasteiger partial charge on any atom is 0.409 e. The largest absolute Gasteiger partial charge is 0.450 e. The van der Waals surface area contributed by atoms with Gasteiger partial charge in [0, 0.05) is 26.2 Å². The molecule has 1 heterocycles. The molecule has 0 aromatic heterocycles. The molecule has 2 rings (SSSR count).